The summed E-state index contributed by atoms with van der Waals surface area (Å²) in [4.78, 5) is 2.61. The Kier molecular flexibility index (Phi) is 123. The molecule has 2 bridgehead atoms. The zero-order valence-electron chi connectivity index (χ0n) is 13.0. The van der Waals surface area contributed by atoms with Crippen LogP contribution < -0.4 is 0 Å². The van der Waals surface area contributed by atoms with Crippen LogP contribution in [0.4, 0.5) is 0 Å². The monoisotopic (exact) mass is 1730 g/mol. The average molecular weight is 1730 g/mol. The van der Waals surface area contributed by atoms with Crippen LogP contribution in [0.15, 0.2) is 0 Å². The molecule has 125 valence electrons. The molecule has 0 aromatic rings. The molecule has 0 saturated carbocycles. The van der Waals surface area contributed by atoms with Crippen molar-refractivity contribution >= 4 is 0 Å². The van der Waals surface area contributed by atoms with Gasteiger partial charge in [0.1, 0.15) is 0 Å². The molecule has 1 radical (unpaired) electrons. The van der Waals surface area contributed by atoms with Gasteiger partial charge < -0.3 is 12.3 Å². The van der Waals surface area contributed by atoms with Crippen LogP contribution in [0.2, 0.25) is 0 Å². The number of piperidine rings is 1. The quantitative estimate of drug-likeness (QED) is 0.338. The summed E-state index contributed by atoms with van der Waals surface area (Å²) >= 11 is 0. The molecule has 0 spiro atoms. The largest absolute Gasteiger partial charge is 0.358 e. The van der Waals surface area contributed by atoms with Gasteiger partial charge in [-0.05, 0) is 31.2 Å². The standard InChI is InChI=1S/C8H15N.C2H6.CH3.8W.Y/c1-7-5-9-4-2-3-8(7)6-9;1-2;;;;;;;;;;/h7-8H,2-6H2,1H3;1-2H3;1H3;;;;;;;;;/q;;-1;;;;;;;;;. The van der Waals surface area contributed by atoms with E-state index < -0.39 is 0 Å². The fourth-order valence-corrected chi connectivity index (χ4v) is 2.28. The molecule has 2 aliphatic rings. The Morgan fingerprint density at radius 1 is 0.762 bits per heavy atom. The molecule has 0 amide bonds. The molecule has 2 aliphatic heterocycles. The smallest absolute Gasteiger partial charge is 0.00128 e. The first-order valence-corrected chi connectivity index (χ1v) is 5.08. The van der Waals surface area contributed by atoms with Crippen LogP contribution in [0.25, 0.3) is 0 Å². The molecule has 1 nitrogen and oxygen atoms in total. The summed E-state index contributed by atoms with van der Waals surface area (Å²) in [6, 6.07) is 0. The maximum atomic E-state index is 2.61. The molecular formula is C11H24NW8Y-. The van der Waals surface area contributed by atoms with Crippen molar-refractivity contribution in [3.8, 4) is 0 Å². The fourth-order valence-electron chi connectivity index (χ4n) is 2.28. The van der Waals surface area contributed by atoms with Crippen LogP contribution in [0.5, 0.6) is 0 Å². The van der Waals surface area contributed by atoms with Gasteiger partial charge in [0.05, 0.1) is 0 Å². The molecule has 2 saturated heterocycles. The molecule has 2 fully saturated rings. The van der Waals surface area contributed by atoms with Gasteiger partial charge in [-0.3, -0.25) is 0 Å². The van der Waals surface area contributed by atoms with Gasteiger partial charge in [-0.1, -0.05) is 20.8 Å². The molecule has 2 heterocycles. The van der Waals surface area contributed by atoms with Crippen molar-refractivity contribution in [2.75, 3.05) is 19.6 Å². The summed E-state index contributed by atoms with van der Waals surface area (Å²) in [6.45, 7) is 10.6. The maximum absolute atomic E-state index is 2.61. The first-order valence-electron chi connectivity index (χ1n) is 5.08. The van der Waals surface area contributed by atoms with E-state index in [1.807, 2.05) is 13.8 Å². The molecule has 3 atom stereocenters. The summed E-state index contributed by atoms with van der Waals surface area (Å²) in [5.41, 5.74) is 0. The summed E-state index contributed by atoms with van der Waals surface area (Å²) in [7, 11) is 0. The van der Waals surface area contributed by atoms with Crippen LogP contribution >= 0.6 is 0 Å². The van der Waals surface area contributed by atoms with E-state index >= 15 is 0 Å². The molecule has 0 aliphatic carbocycles. The molecule has 2 rings (SSSR count). The molecule has 3 unspecified atom stereocenters. The minimum Gasteiger partial charge on any atom is -0.358 e. The minimum atomic E-state index is 0. The van der Waals surface area contributed by atoms with Gasteiger partial charge in [0, 0.05) is 214 Å². The third-order valence-electron chi connectivity index (χ3n) is 2.89. The predicted octanol–water partition coefficient (Wildman–Crippen LogP) is 2.80. The summed E-state index contributed by atoms with van der Waals surface area (Å²) in [5, 5.41) is 0. The Hall–Kier alpha value is 6.57. The van der Waals surface area contributed by atoms with Gasteiger partial charge in [0.2, 0.25) is 0 Å². The van der Waals surface area contributed by atoms with Crippen LogP contribution in [-0.4, -0.2) is 24.5 Å². The van der Waals surface area contributed by atoms with Crippen LogP contribution in [0.3, 0.4) is 0 Å². The van der Waals surface area contributed by atoms with E-state index in [0.29, 0.717) is 0 Å². The average Bonchev–Trinajstić information content (AvgIpc) is 2.31. The van der Waals surface area contributed by atoms with Gasteiger partial charge >= 0.3 is 0 Å². The topological polar surface area (TPSA) is 3.24 Å². The van der Waals surface area contributed by atoms with E-state index in [1.54, 1.807) is 0 Å². The minimum absolute atomic E-state index is 0. The number of fused-ring (bicyclic) bond motifs is 2. The second kappa shape index (κ2) is 41.1. The second-order valence-electron chi connectivity index (χ2n) is 3.64. The van der Waals surface area contributed by atoms with Crippen molar-refractivity contribution in [1.82, 2.24) is 4.90 Å². The Bertz CT molecular complexity index is 135. The first-order chi connectivity index (χ1) is 5.36. The van der Waals surface area contributed by atoms with E-state index in [2.05, 4.69) is 11.8 Å². The van der Waals surface area contributed by atoms with Gasteiger partial charge in [0.25, 0.3) is 0 Å². The van der Waals surface area contributed by atoms with Crippen molar-refractivity contribution in [3.63, 3.8) is 0 Å². The van der Waals surface area contributed by atoms with E-state index in [9.17, 15) is 0 Å². The molecule has 21 heavy (non-hydrogen) atoms. The molecule has 0 aromatic carbocycles. The summed E-state index contributed by atoms with van der Waals surface area (Å²) < 4.78 is 0. The first kappa shape index (κ1) is 63.0. The van der Waals surface area contributed by atoms with Crippen LogP contribution in [0.1, 0.15) is 33.6 Å². The van der Waals surface area contributed by atoms with Crippen molar-refractivity contribution < 1.29 is 201 Å². The summed E-state index contributed by atoms with van der Waals surface area (Å²) in [6.07, 6.45) is 2.95. The Labute approximate surface area is 273 Å². The number of nitrogens with zero attached hydrogens (tertiary/aromatic N) is 1. The normalized spacial score (nSPS) is 21.6. The van der Waals surface area contributed by atoms with Gasteiger partial charge in [-0.25, -0.2) is 0 Å². The SMILES string of the molecule is CC.CC1CN2CCCC1C2.[CH3-].[W].[W].[W].[W].[W].[W].[W].[W].[Y]. The molecular weight excluding hydrogens is 1710 g/mol. The molecule has 0 aromatic heterocycles. The zero-order valence-corrected chi connectivity index (χ0v) is 39.3. The number of hydrogen-bond acceptors (Lipinski definition) is 1. The van der Waals surface area contributed by atoms with Gasteiger partial charge in [-0.2, -0.15) is 0 Å². The molecule has 10 heteroatoms. The third-order valence-corrected chi connectivity index (χ3v) is 2.89. The van der Waals surface area contributed by atoms with E-state index in [1.165, 1.54) is 32.5 Å². The second-order valence-corrected chi connectivity index (χ2v) is 3.64. The Morgan fingerprint density at radius 3 is 1.43 bits per heavy atom. The van der Waals surface area contributed by atoms with Crippen LogP contribution in [-0.2, 0) is 201 Å². The van der Waals surface area contributed by atoms with Gasteiger partial charge in [-0.15, -0.1) is 0 Å². The van der Waals surface area contributed by atoms with Gasteiger partial charge in [0.15, 0.2) is 0 Å². The number of rotatable bonds is 0. The maximum Gasteiger partial charge on any atom is 0.00128 e. The Morgan fingerprint density at radius 2 is 1.14 bits per heavy atom. The van der Waals surface area contributed by atoms with E-state index in [-0.39, 0.29) is 209 Å². The fraction of sp³-hybridized carbons (Fsp3) is 0.909. The number of hydrogen-bond donors (Lipinski definition) is 0. The van der Waals surface area contributed by atoms with Crippen molar-refractivity contribution in [1.29, 1.82) is 0 Å². The van der Waals surface area contributed by atoms with Crippen molar-refractivity contribution in [2.24, 2.45) is 11.8 Å². The third kappa shape index (κ3) is 26.6. The molecule has 0 N–H and O–H groups in total. The predicted molar refractivity (Wildman–Crippen MR) is 56.1 cm³/mol. The summed E-state index contributed by atoms with van der Waals surface area (Å²) in [5.74, 6) is 2.05. The Balaban J connectivity index is -0.0000000122. The van der Waals surface area contributed by atoms with Crippen molar-refractivity contribution in [2.45, 2.75) is 33.6 Å². The van der Waals surface area contributed by atoms with Crippen LogP contribution in [0, 0.1) is 19.3 Å². The zero-order chi connectivity index (χ0) is 8.27. The van der Waals surface area contributed by atoms with E-state index in [4.69, 9.17) is 0 Å². The van der Waals surface area contributed by atoms with E-state index in [0.717, 1.165) is 11.8 Å². The van der Waals surface area contributed by atoms with Crippen molar-refractivity contribution in [3.05, 3.63) is 7.43 Å².